The number of rotatable bonds is 57. The number of carbonyl (C=O) groups excluding carboxylic acids is 1. The van der Waals surface area contributed by atoms with Crippen LogP contribution in [0.1, 0.15) is 303 Å². The van der Waals surface area contributed by atoms with Crippen LogP contribution in [0.4, 0.5) is 0 Å². The number of hydrogen-bond donors (Lipinski definition) is 2. The second kappa shape index (κ2) is 53.5. The maximum Gasteiger partial charge on any atom is 0.268 e. The number of phosphoric acid groups is 1. The molecule has 420 valence electrons. The van der Waals surface area contributed by atoms with Crippen LogP contribution in [0.3, 0.4) is 0 Å². The van der Waals surface area contributed by atoms with E-state index in [2.05, 4.69) is 43.5 Å². The molecule has 3 atom stereocenters. The van der Waals surface area contributed by atoms with Crippen molar-refractivity contribution in [3.63, 3.8) is 0 Å². The molecule has 0 aromatic carbocycles. The SMILES string of the molecule is CCCCCCCCCCC/C=C\C/C=C\CCCCCCCCCCCCCCCCCCCC(=O)NC(COP(=O)([O-])OCC[N+](C)(C)C)C(O)/C=C/CCCCCCCCCCCCCCCC. The smallest absolute Gasteiger partial charge is 0.268 e. The maximum atomic E-state index is 13.0. The number of aliphatic hydroxyl groups excluding tert-OH is 1. The molecule has 0 aromatic rings. The summed E-state index contributed by atoms with van der Waals surface area (Å²) in [5, 5.41) is 13.9. The Hall–Kier alpha value is -1.28. The van der Waals surface area contributed by atoms with Gasteiger partial charge >= 0.3 is 0 Å². The number of quaternary nitrogens is 1. The number of nitrogens with zero attached hydrogens (tertiary/aromatic N) is 1. The third-order valence-corrected chi connectivity index (χ3v) is 15.1. The van der Waals surface area contributed by atoms with Gasteiger partial charge in [0.1, 0.15) is 13.2 Å². The van der Waals surface area contributed by atoms with Gasteiger partial charge in [-0.05, 0) is 51.4 Å². The van der Waals surface area contributed by atoms with Crippen LogP contribution in [-0.4, -0.2) is 68.5 Å². The van der Waals surface area contributed by atoms with Crippen LogP contribution in [0.15, 0.2) is 36.5 Å². The molecule has 0 rings (SSSR count). The molecule has 0 saturated carbocycles. The van der Waals surface area contributed by atoms with Gasteiger partial charge in [0.05, 0.1) is 39.9 Å². The van der Waals surface area contributed by atoms with Crippen LogP contribution in [0.25, 0.3) is 0 Å². The van der Waals surface area contributed by atoms with Crippen molar-refractivity contribution in [1.29, 1.82) is 0 Å². The van der Waals surface area contributed by atoms with Gasteiger partial charge in [0.2, 0.25) is 5.91 Å². The Kier molecular flexibility index (Phi) is 52.6. The zero-order valence-electron chi connectivity index (χ0n) is 47.9. The van der Waals surface area contributed by atoms with Crippen LogP contribution >= 0.6 is 7.82 Å². The number of likely N-dealkylation sites (N-methyl/N-ethyl adjacent to an activating group) is 1. The highest BCUT2D eigenvalue weighted by atomic mass is 31.2. The van der Waals surface area contributed by atoms with Gasteiger partial charge in [-0.25, -0.2) is 0 Å². The van der Waals surface area contributed by atoms with Crippen molar-refractivity contribution >= 4 is 13.7 Å². The molecule has 0 aliphatic carbocycles. The highest BCUT2D eigenvalue weighted by Gasteiger charge is 2.23. The molecule has 1 amide bonds. The molecule has 2 N–H and O–H groups in total. The first kappa shape index (κ1) is 69.7. The zero-order valence-corrected chi connectivity index (χ0v) is 48.8. The molecule has 71 heavy (non-hydrogen) atoms. The topological polar surface area (TPSA) is 108 Å². The van der Waals surface area contributed by atoms with Crippen molar-refractivity contribution in [2.45, 2.75) is 315 Å². The molecule has 0 radical (unpaired) electrons. The summed E-state index contributed by atoms with van der Waals surface area (Å²) in [5.41, 5.74) is 0. The Morgan fingerprint density at radius 1 is 0.493 bits per heavy atom. The lowest BCUT2D eigenvalue weighted by atomic mass is 10.0. The fraction of sp³-hybridized carbons (Fsp3) is 0.887. The Labute approximate surface area is 442 Å². The average Bonchev–Trinajstić information content (AvgIpc) is 3.33. The molecular weight excluding hydrogens is 900 g/mol. The molecule has 0 saturated heterocycles. The summed E-state index contributed by atoms with van der Waals surface area (Å²) in [6.07, 6.45) is 69.5. The van der Waals surface area contributed by atoms with Gasteiger partial charge in [-0.2, -0.15) is 0 Å². The summed E-state index contributed by atoms with van der Waals surface area (Å²) < 4.78 is 23.4. The molecule has 0 heterocycles. The predicted octanol–water partition coefficient (Wildman–Crippen LogP) is 18.3. The average molecular weight is 1020 g/mol. The van der Waals surface area contributed by atoms with E-state index < -0.39 is 20.0 Å². The van der Waals surface area contributed by atoms with Gasteiger partial charge < -0.3 is 28.8 Å². The van der Waals surface area contributed by atoms with Gasteiger partial charge in [-0.3, -0.25) is 9.36 Å². The molecule has 0 spiro atoms. The second-order valence-corrected chi connectivity index (χ2v) is 23.8. The number of phosphoric ester groups is 1. The van der Waals surface area contributed by atoms with E-state index >= 15 is 0 Å². The monoisotopic (exact) mass is 1020 g/mol. The number of aliphatic hydroxyl groups is 1. The highest BCUT2D eigenvalue weighted by Crippen LogP contribution is 2.38. The number of unbranched alkanes of at least 4 members (excludes halogenated alkanes) is 40. The number of hydrogen-bond acceptors (Lipinski definition) is 6. The van der Waals surface area contributed by atoms with Crippen LogP contribution in [-0.2, 0) is 18.4 Å². The minimum atomic E-state index is -4.59. The van der Waals surface area contributed by atoms with Crippen LogP contribution < -0.4 is 10.2 Å². The second-order valence-electron chi connectivity index (χ2n) is 22.4. The first-order chi connectivity index (χ1) is 34.5. The molecule has 0 fully saturated rings. The molecule has 3 unspecified atom stereocenters. The van der Waals surface area contributed by atoms with Crippen molar-refractivity contribution in [1.82, 2.24) is 5.32 Å². The summed E-state index contributed by atoms with van der Waals surface area (Å²) in [6, 6.07) is -0.885. The van der Waals surface area contributed by atoms with Crippen molar-refractivity contribution < 1.29 is 32.9 Å². The Morgan fingerprint density at radius 2 is 0.817 bits per heavy atom. The first-order valence-corrected chi connectivity index (χ1v) is 32.3. The van der Waals surface area contributed by atoms with E-state index in [1.54, 1.807) is 6.08 Å². The van der Waals surface area contributed by atoms with Gasteiger partial charge in [-0.1, -0.05) is 281 Å². The summed E-state index contributed by atoms with van der Waals surface area (Å²) in [4.78, 5) is 25.5. The van der Waals surface area contributed by atoms with Crippen molar-refractivity contribution in [3.05, 3.63) is 36.5 Å². The van der Waals surface area contributed by atoms with E-state index in [0.29, 0.717) is 17.4 Å². The van der Waals surface area contributed by atoms with Crippen LogP contribution in [0.2, 0.25) is 0 Å². The van der Waals surface area contributed by atoms with Crippen molar-refractivity contribution in [3.8, 4) is 0 Å². The maximum absolute atomic E-state index is 13.0. The largest absolute Gasteiger partial charge is 0.756 e. The van der Waals surface area contributed by atoms with Crippen molar-refractivity contribution in [2.24, 2.45) is 0 Å². The molecule has 8 nitrogen and oxygen atoms in total. The van der Waals surface area contributed by atoms with E-state index in [1.807, 2.05) is 27.2 Å². The number of amides is 1. The molecule has 9 heteroatoms. The Bertz CT molecular complexity index is 1250. The van der Waals surface area contributed by atoms with Crippen LogP contribution in [0.5, 0.6) is 0 Å². The van der Waals surface area contributed by atoms with Crippen molar-refractivity contribution in [2.75, 3.05) is 40.9 Å². The third-order valence-electron chi connectivity index (χ3n) is 14.1. The molecular formula is C62H121N2O6P. The highest BCUT2D eigenvalue weighted by molar-refractivity contribution is 7.45. The fourth-order valence-corrected chi connectivity index (χ4v) is 9.97. The summed E-state index contributed by atoms with van der Waals surface area (Å²) in [6.45, 7) is 4.68. The minimum Gasteiger partial charge on any atom is -0.756 e. The summed E-state index contributed by atoms with van der Waals surface area (Å²) in [7, 11) is 1.27. The summed E-state index contributed by atoms with van der Waals surface area (Å²) in [5.74, 6) is -0.193. The van der Waals surface area contributed by atoms with Gasteiger partial charge in [0, 0.05) is 6.42 Å². The standard InChI is InChI=1S/C62H121N2O6P/c1-6-8-10-12-14-16-18-20-22-24-25-26-27-28-29-30-31-32-33-34-35-36-37-38-39-40-42-44-46-48-50-52-54-56-62(66)63-60(59-70-71(67,68)69-58-57-64(3,4)5)61(65)55-53-51-49-47-45-43-41-23-21-19-17-15-13-11-9-7-2/h25-26,28-29,53,55,60-61,65H,6-24,27,30-52,54,56-59H2,1-5H3,(H-,63,66,67,68)/b26-25-,29-28-,55-53+. The van der Waals surface area contributed by atoms with E-state index in [4.69, 9.17) is 9.05 Å². The van der Waals surface area contributed by atoms with Gasteiger partial charge in [-0.15, -0.1) is 0 Å². The summed E-state index contributed by atoms with van der Waals surface area (Å²) >= 11 is 0. The lowest BCUT2D eigenvalue weighted by Crippen LogP contribution is -2.45. The molecule has 0 aliphatic heterocycles. The van der Waals surface area contributed by atoms with E-state index in [-0.39, 0.29) is 19.1 Å². The molecule has 0 bridgehead atoms. The lowest BCUT2D eigenvalue weighted by molar-refractivity contribution is -0.870. The van der Waals surface area contributed by atoms with E-state index in [9.17, 15) is 19.4 Å². The van der Waals surface area contributed by atoms with Gasteiger partial charge in [0.25, 0.3) is 7.82 Å². The first-order valence-electron chi connectivity index (χ1n) is 30.9. The van der Waals surface area contributed by atoms with E-state index in [1.165, 1.54) is 238 Å². The third kappa shape index (κ3) is 56.3. The molecule has 0 aromatic heterocycles. The van der Waals surface area contributed by atoms with E-state index in [0.717, 1.165) is 44.9 Å². The predicted molar refractivity (Wildman–Crippen MR) is 307 cm³/mol. The number of allylic oxidation sites excluding steroid dienone is 5. The van der Waals surface area contributed by atoms with Gasteiger partial charge in [0.15, 0.2) is 0 Å². The van der Waals surface area contributed by atoms with Crippen LogP contribution in [0, 0.1) is 0 Å². The quantitative estimate of drug-likeness (QED) is 0.0272. The fourth-order valence-electron chi connectivity index (χ4n) is 9.25. The minimum absolute atomic E-state index is 0.000419. The normalized spacial score (nSPS) is 14.1. The zero-order chi connectivity index (χ0) is 52.0. The Balaban J connectivity index is 4.03. The molecule has 0 aliphatic rings. The Morgan fingerprint density at radius 3 is 1.17 bits per heavy atom. The number of carbonyl (C=O) groups is 1. The number of nitrogens with one attached hydrogen (secondary N) is 1. The lowest BCUT2D eigenvalue weighted by Gasteiger charge is -2.29.